The van der Waals surface area contributed by atoms with Crippen molar-refractivity contribution >= 4 is 17.4 Å². The van der Waals surface area contributed by atoms with Crippen molar-refractivity contribution in [2.75, 3.05) is 5.73 Å². The Bertz CT molecular complexity index is 558. The molecule has 0 atom stereocenters. The predicted octanol–water partition coefficient (Wildman–Crippen LogP) is 3.28. The van der Waals surface area contributed by atoms with Gasteiger partial charge in [-0.05, 0) is 24.6 Å². The Labute approximate surface area is 106 Å². The fourth-order valence-electron chi connectivity index (χ4n) is 1.78. The first-order valence-corrected chi connectivity index (χ1v) is 5.69. The molecule has 1 heterocycles. The highest BCUT2D eigenvalue weighted by atomic mass is 35.5. The molecule has 88 valence electrons. The number of anilines is 1. The molecule has 0 aliphatic carbocycles. The van der Waals surface area contributed by atoms with Crippen LogP contribution in [0, 0.1) is 6.92 Å². The van der Waals surface area contributed by atoms with Crippen LogP contribution in [0.25, 0.3) is 11.3 Å². The fraction of sp³-hybridized carbons (Fsp3) is 0.154. The summed E-state index contributed by atoms with van der Waals surface area (Å²) in [4.78, 5) is 4.34. The van der Waals surface area contributed by atoms with Gasteiger partial charge in [0.1, 0.15) is 11.5 Å². The van der Waals surface area contributed by atoms with E-state index in [0.717, 1.165) is 21.8 Å². The van der Waals surface area contributed by atoms with Gasteiger partial charge < -0.3 is 10.3 Å². The Morgan fingerprint density at radius 2 is 2.29 bits per heavy atom. The van der Waals surface area contributed by atoms with Crippen LogP contribution >= 0.6 is 11.6 Å². The van der Waals surface area contributed by atoms with Crippen LogP contribution in [0.1, 0.15) is 5.56 Å². The van der Waals surface area contributed by atoms with Crippen molar-refractivity contribution in [1.29, 1.82) is 0 Å². The second kappa shape index (κ2) is 4.63. The van der Waals surface area contributed by atoms with E-state index in [2.05, 4.69) is 11.6 Å². The smallest absolute Gasteiger partial charge is 0.131 e. The summed E-state index contributed by atoms with van der Waals surface area (Å²) in [5.41, 5.74) is 8.91. The van der Waals surface area contributed by atoms with Crippen molar-refractivity contribution in [1.82, 2.24) is 9.55 Å². The van der Waals surface area contributed by atoms with Crippen LogP contribution in [0.3, 0.4) is 0 Å². The summed E-state index contributed by atoms with van der Waals surface area (Å²) >= 11 is 5.93. The summed E-state index contributed by atoms with van der Waals surface area (Å²) < 4.78 is 1.86. The molecular formula is C13H14ClN3. The first-order valence-electron chi connectivity index (χ1n) is 5.31. The number of benzene rings is 1. The number of halogens is 1. The van der Waals surface area contributed by atoms with Crippen LogP contribution in [-0.4, -0.2) is 9.55 Å². The van der Waals surface area contributed by atoms with Gasteiger partial charge in [0, 0.05) is 17.1 Å². The molecule has 2 aromatic rings. The molecule has 3 nitrogen and oxygen atoms in total. The molecule has 2 N–H and O–H groups in total. The number of nitrogen functional groups attached to an aromatic ring is 1. The molecule has 0 radical (unpaired) electrons. The molecule has 0 saturated carbocycles. The van der Waals surface area contributed by atoms with E-state index < -0.39 is 0 Å². The van der Waals surface area contributed by atoms with E-state index in [1.165, 1.54) is 0 Å². The minimum atomic E-state index is 0.648. The van der Waals surface area contributed by atoms with Crippen molar-refractivity contribution < 1.29 is 0 Å². The number of hydrogen-bond donors (Lipinski definition) is 1. The first kappa shape index (κ1) is 11.7. The standard InChI is InChI=1S/C13H14ClN3/c1-3-6-17-8-16-12(13(17)15)11-5-4-10(14)7-9(11)2/h3-5,7-8H,1,6,15H2,2H3. The third-order valence-electron chi connectivity index (χ3n) is 2.65. The van der Waals surface area contributed by atoms with Gasteiger partial charge in [-0.2, -0.15) is 0 Å². The van der Waals surface area contributed by atoms with Gasteiger partial charge in [0.25, 0.3) is 0 Å². The van der Waals surface area contributed by atoms with Gasteiger partial charge in [-0.3, -0.25) is 0 Å². The number of hydrogen-bond acceptors (Lipinski definition) is 2. The monoisotopic (exact) mass is 247 g/mol. The molecule has 0 unspecified atom stereocenters. The van der Waals surface area contributed by atoms with E-state index in [1.54, 1.807) is 12.4 Å². The molecule has 0 aliphatic rings. The van der Waals surface area contributed by atoms with Crippen LogP contribution in [0.2, 0.25) is 5.02 Å². The number of nitrogens with zero attached hydrogens (tertiary/aromatic N) is 2. The summed E-state index contributed by atoms with van der Waals surface area (Å²) in [6.07, 6.45) is 3.51. The Kier molecular flexibility index (Phi) is 3.20. The van der Waals surface area contributed by atoms with Gasteiger partial charge in [0.15, 0.2) is 0 Å². The molecule has 0 aliphatic heterocycles. The van der Waals surface area contributed by atoms with Crippen molar-refractivity contribution in [3.8, 4) is 11.3 Å². The molecule has 0 amide bonds. The average Bonchev–Trinajstić information content (AvgIpc) is 2.62. The van der Waals surface area contributed by atoms with Crippen molar-refractivity contribution in [2.45, 2.75) is 13.5 Å². The summed E-state index contributed by atoms with van der Waals surface area (Å²) in [6.45, 7) is 6.34. The molecular weight excluding hydrogens is 234 g/mol. The number of imidazole rings is 1. The van der Waals surface area contributed by atoms with E-state index >= 15 is 0 Å². The van der Waals surface area contributed by atoms with Gasteiger partial charge in [-0.25, -0.2) is 4.98 Å². The van der Waals surface area contributed by atoms with E-state index in [9.17, 15) is 0 Å². The molecule has 0 bridgehead atoms. The molecule has 1 aromatic heterocycles. The van der Waals surface area contributed by atoms with E-state index in [-0.39, 0.29) is 0 Å². The Morgan fingerprint density at radius 1 is 1.53 bits per heavy atom. The molecule has 0 fully saturated rings. The highest BCUT2D eigenvalue weighted by molar-refractivity contribution is 6.30. The zero-order chi connectivity index (χ0) is 12.4. The second-order valence-corrected chi connectivity index (χ2v) is 4.32. The lowest BCUT2D eigenvalue weighted by Crippen LogP contribution is -2.00. The molecule has 4 heteroatoms. The normalized spacial score (nSPS) is 10.5. The summed E-state index contributed by atoms with van der Waals surface area (Å²) in [7, 11) is 0. The van der Waals surface area contributed by atoms with Crippen LogP contribution in [0.5, 0.6) is 0 Å². The first-order chi connectivity index (χ1) is 8.13. The van der Waals surface area contributed by atoms with Crippen LogP contribution in [-0.2, 0) is 6.54 Å². The van der Waals surface area contributed by atoms with Gasteiger partial charge >= 0.3 is 0 Å². The summed E-state index contributed by atoms with van der Waals surface area (Å²) in [6, 6.07) is 5.69. The van der Waals surface area contributed by atoms with Gasteiger partial charge in [0.2, 0.25) is 0 Å². The Balaban J connectivity index is 2.49. The molecule has 0 saturated heterocycles. The van der Waals surface area contributed by atoms with Crippen LogP contribution in [0.15, 0.2) is 37.2 Å². The van der Waals surface area contributed by atoms with Gasteiger partial charge in [-0.1, -0.05) is 23.7 Å². The van der Waals surface area contributed by atoms with E-state index in [4.69, 9.17) is 17.3 Å². The predicted molar refractivity (Wildman–Crippen MR) is 72.0 cm³/mol. The highest BCUT2D eigenvalue weighted by Crippen LogP contribution is 2.28. The maximum atomic E-state index is 6.05. The highest BCUT2D eigenvalue weighted by Gasteiger charge is 2.11. The zero-order valence-electron chi connectivity index (χ0n) is 9.65. The average molecular weight is 248 g/mol. The number of rotatable bonds is 3. The van der Waals surface area contributed by atoms with Crippen LogP contribution < -0.4 is 5.73 Å². The lowest BCUT2D eigenvalue weighted by Gasteiger charge is -2.06. The lowest BCUT2D eigenvalue weighted by molar-refractivity contribution is 0.833. The second-order valence-electron chi connectivity index (χ2n) is 3.88. The third-order valence-corrected chi connectivity index (χ3v) is 2.88. The molecule has 1 aromatic carbocycles. The quantitative estimate of drug-likeness (QED) is 0.846. The largest absolute Gasteiger partial charge is 0.383 e. The third kappa shape index (κ3) is 2.19. The van der Waals surface area contributed by atoms with E-state index in [0.29, 0.717) is 12.4 Å². The lowest BCUT2D eigenvalue weighted by atomic mass is 10.1. The fourth-order valence-corrected chi connectivity index (χ4v) is 2.00. The topological polar surface area (TPSA) is 43.8 Å². The SMILES string of the molecule is C=CCn1cnc(-c2ccc(Cl)cc2C)c1N. The Hall–Kier alpha value is -1.74. The molecule has 0 spiro atoms. The minimum Gasteiger partial charge on any atom is -0.383 e. The molecule has 17 heavy (non-hydrogen) atoms. The summed E-state index contributed by atoms with van der Waals surface area (Å²) in [5.74, 6) is 0.648. The van der Waals surface area contributed by atoms with Crippen molar-refractivity contribution in [3.63, 3.8) is 0 Å². The number of nitrogens with two attached hydrogens (primary N) is 1. The maximum absolute atomic E-state index is 6.05. The van der Waals surface area contributed by atoms with Gasteiger partial charge in [-0.15, -0.1) is 6.58 Å². The minimum absolute atomic E-state index is 0.648. The summed E-state index contributed by atoms with van der Waals surface area (Å²) in [5, 5.41) is 0.718. The van der Waals surface area contributed by atoms with Crippen molar-refractivity contribution in [2.24, 2.45) is 0 Å². The van der Waals surface area contributed by atoms with Crippen molar-refractivity contribution in [3.05, 3.63) is 47.8 Å². The number of aromatic nitrogens is 2. The zero-order valence-corrected chi connectivity index (χ0v) is 10.4. The Morgan fingerprint density at radius 3 is 2.94 bits per heavy atom. The maximum Gasteiger partial charge on any atom is 0.131 e. The van der Waals surface area contributed by atoms with Crippen LogP contribution in [0.4, 0.5) is 5.82 Å². The van der Waals surface area contributed by atoms with Gasteiger partial charge in [0.05, 0.1) is 6.33 Å². The molecule has 2 rings (SSSR count). The number of aryl methyl sites for hydroxylation is 1. The number of allylic oxidation sites excluding steroid dienone is 1. The van der Waals surface area contributed by atoms with E-state index in [1.807, 2.05) is 29.7 Å².